The van der Waals surface area contributed by atoms with Gasteiger partial charge in [-0.05, 0) is 36.0 Å². The highest BCUT2D eigenvalue weighted by atomic mass is 16.5. The summed E-state index contributed by atoms with van der Waals surface area (Å²) in [6, 6.07) is 18.1. The highest BCUT2D eigenvalue weighted by Crippen LogP contribution is 2.35. The van der Waals surface area contributed by atoms with Crippen molar-refractivity contribution in [2.24, 2.45) is 0 Å². The zero-order chi connectivity index (χ0) is 17.5. The molecule has 1 aliphatic rings. The van der Waals surface area contributed by atoms with E-state index in [1.807, 2.05) is 42.5 Å². The molecule has 3 rings (SSSR count). The number of para-hydroxylation sites is 1. The summed E-state index contributed by atoms with van der Waals surface area (Å²) in [4.78, 5) is 14.6. The number of aliphatic hydroxyl groups excluding tert-OH is 1. The molecule has 2 aromatic rings. The number of amides is 1. The molecule has 132 valence electrons. The Bertz CT molecular complexity index is 687. The van der Waals surface area contributed by atoms with Gasteiger partial charge in [-0.2, -0.15) is 0 Å². The first-order chi connectivity index (χ1) is 12.3. The van der Waals surface area contributed by atoms with E-state index in [0.29, 0.717) is 26.1 Å². The Morgan fingerprint density at radius 3 is 2.64 bits per heavy atom. The van der Waals surface area contributed by atoms with Gasteiger partial charge in [-0.15, -0.1) is 0 Å². The molecule has 0 aliphatic carbocycles. The van der Waals surface area contributed by atoms with Crippen molar-refractivity contribution in [3.05, 3.63) is 65.7 Å². The first kappa shape index (κ1) is 17.5. The lowest BCUT2D eigenvalue weighted by Gasteiger charge is -2.28. The minimum absolute atomic E-state index is 0.00903. The lowest BCUT2D eigenvalue weighted by Crippen LogP contribution is -2.36. The van der Waals surface area contributed by atoms with Crippen molar-refractivity contribution in [1.82, 2.24) is 4.90 Å². The SMILES string of the molecule is O=C(CC1CCOc2ccccc21)N(CCO)CCc1ccccc1. The molecule has 1 amide bonds. The molecule has 0 saturated carbocycles. The van der Waals surface area contributed by atoms with Crippen LogP contribution in [0, 0.1) is 0 Å². The number of benzene rings is 2. The normalized spacial score (nSPS) is 16.0. The van der Waals surface area contributed by atoms with Gasteiger partial charge in [0.1, 0.15) is 5.75 Å². The average Bonchev–Trinajstić information content (AvgIpc) is 2.66. The summed E-state index contributed by atoms with van der Waals surface area (Å²) in [7, 11) is 0. The fourth-order valence-electron chi connectivity index (χ4n) is 3.36. The smallest absolute Gasteiger partial charge is 0.223 e. The van der Waals surface area contributed by atoms with Crippen LogP contribution in [0.25, 0.3) is 0 Å². The molecule has 1 heterocycles. The summed E-state index contributed by atoms with van der Waals surface area (Å²) in [6.07, 6.45) is 2.13. The van der Waals surface area contributed by atoms with E-state index in [0.717, 1.165) is 24.2 Å². The Balaban J connectivity index is 1.63. The molecule has 0 bridgehead atoms. The summed E-state index contributed by atoms with van der Waals surface area (Å²) >= 11 is 0. The Morgan fingerprint density at radius 2 is 1.84 bits per heavy atom. The number of rotatable bonds is 7. The van der Waals surface area contributed by atoms with Gasteiger partial charge in [-0.25, -0.2) is 0 Å². The fraction of sp³-hybridized carbons (Fsp3) is 0.381. The van der Waals surface area contributed by atoms with Crippen molar-refractivity contribution >= 4 is 5.91 Å². The van der Waals surface area contributed by atoms with Crippen LogP contribution in [0.15, 0.2) is 54.6 Å². The van der Waals surface area contributed by atoms with Crippen LogP contribution in [0.3, 0.4) is 0 Å². The molecule has 2 aromatic carbocycles. The van der Waals surface area contributed by atoms with E-state index >= 15 is 0 Å². The molecule has 1 unspecified atom stereocenters. The molecule has 0 radical (unpaired) electrons. The number of fused-ring (bicyclic) bond motifs is 1. The van der Waals surface area contributed by atoms with Gasteiger partial charge in [0.2, 0.25) is 5.91 Å². The van der Waals surface area contributed by atoms with Crippen LogP contribution in [0.1, 0.15) is 29.9 Å². The van der Waals surface area contributed by atoms with Crippen LogP contribution in [0.4, 0.5) is 0 Å². The van der Waals surface area contributed by atoms with Crippen molar-refractivity contribution in [3.63, 3.8) is 0 Å². The molecule has 0 saturated heterocycles. The third-order valence-corrected chi connectivity index (χ3v) is 4.74. The van der Waals surface area contributed by atoms with Crippen molar-refractivity contribution < 1.29 is 14.6 Å². The molecule has 25 heavy (non-hydrogen) atoms. The van der Waals surface area contributed by atoms with Gasteiger partial charge in [-0.1, -0.05) is 48.5 Å². The number of aliphatic hydroxyl groups is 1. The summed E-state index contributed by atoms with van der Waals surface area (Å²) in [5.74, 6) is 1.19. The van der Waals surface area contributed by atoms with E-state index < -0.39 is 0 Å². The molecular weight excluding hydrogens is 314 g/mol. The zero-order valence-corrected chi connectivity index (χ0v) is 14.4. The second-order valence-electron chi connectivity index (χ2n) is 6.42. The Hall–Kier alpha value is -2.33. The minimum atomic E-state index is -0.00903. The van der Waals surface area contributed by atoms with Gasteiger partial charge in [0.05, 0.1) is 13.2 Å². The van der Waals surface area contributed by atoms with Crippen LogP contribution < -0.4 is 4.74 Å². The van der Waals surface area contributed by atoms with Gasteiger partial charge < -0.3 is 14.7 Å². The topological polar surface area (TPSA) is 49.8 Å². The van der Waals surface area contributed by atoms with Gasteiger partial charge in [0, 0.05) is 19.5 Å². The maximum atomic E-state index is 12.8. The molecular formula is C21H25NO3. The van der Waals surface area contributed by atoms with Crippen molar-refractivity contribution in [2.45, 2.75) is 25.2 Å². The zero-order valence-electron chi connectivity index (χ0n) is 14.4. The third-order valence-electron chi connectivity index (χ3n) is 4.74. The summed E-state index contributed by atoms with van der Waals surface area (Å²) < 4.78 is 5.68. The maximum absolute atomic E-state index is 12.8. The number of hydrogen-bond donors (Lipinski definition) is 1. The van der Waals surface area contributed by atoms with Gasteiger partial charge in [0.25, 0.3) is 0 Å². The number of hydrogen-bond acceptors (Lipinski definition) is 3. The van der Waals surface area contributed by atoms with Gasteiger partial charge in [-0.3, -0.25) is 4.79 Å². The quantitative estimate of drug-likeness (QED) is 0.844. The number of carbonyl (C=O) groups is 1. The van der Waals surface area contributed by atoms with Crippen LogP contribution in [-0.2, 0) is 11.2 Å². The van der Waals surface area contributed by atoms with Gasteiger partial charge in [0.15, 0.2) is 0 Å². The lowest BCUT2D eigenvalue weighted by molar-refractivity contribution is -0.132. The van der Waals surface area contributed by atoms with Crippen LogP contribution in [-0.4, -0.2) is 42.2 Å². The predicted molar refractivity (Wildman–Crippen MR) is 97.7 cm³/mol. The van der Waals surface area contributed by atoms with Crippen molar-refractivity contribution in [1.29, 1.82) is 0 Å². The molecule has 4 heteroatoms. The number of carbonyl (C=O) groups excluding carboxylic acids is 1. The van der Waals surface area contributed by atoms with E-state index in [2.05, 4.69) is 12.1 Å². The molecule has 4 nitrogen and oxygen atoms in total. The summed E-state index contributed by atoms with van der Waals surface area (Å²) in [5, 5.41) is 9.33. The first-order valence-corrected chi connectivity index (χ1v) is 8.92. The Labute approximate surface area is 149 Å². The average molecular weight is 339 g/mol. The van der Waals surface area contributed by atoms with E-state index in [9.17, 15) is 9.90 Å². The second-order valence-corrected chi connectivity index (χ2v) is 6.42. The molecule has 0 fully saturated rings. The fourth-order valence-corrected chi connectivity index (χ4v) is 3.36. The number of ether oxygens (including phenoxy) is 1. The maximum Gasteiger partial charge on any atom is 0.223 e. The van der Waals surface area contributed by atoms with Crippen LogP contribution in [0.5, 0.6) is 5.75 Å². The van der Waals surface area contributed by atoms with Gasteiger partial charge >= 0.3 is 0 Å². The Kier molecular flexibility index (Phi) is 6.07. The van der Waals surface area contributed by atoms with Crippen molar-refractivity contribution in [3.8, 4) is 5.75 Å². The van der Waals surface area contributed by atoms with E-state index in [4.69, 9.17) is 4.74 Å². The van der Waals surface area contributed by atoms with Crippen LogP contribution in [0.2, 0.25) is 0 Å². The summed E-state index contributed by atoms with van der Waals surface area (Å²) in [5.41, 5.74) is 2.32. The minimum Gasteiger partial charge on any atom is -0.493 e. The molecule has 0 aromatic heterocycles. The van der Waals surface area contributed by atoms with Crippen molar-refractivity contribution in [2.75, 3.05) is 26.3 Å². The molecule has 1 N–H and O–H groups in total. The lowest BCUT2D eigenvalue weighted by atomic mass is 9.90. The highest BCUT2D eigenvalue weighted by molar-refractivity contribution is 5.77. The van der Waals surface area contributed by atoms with Crippen LogP contribution >= 0.6 is 0 Å². The largest absolute Gasteiger partial charge is 0.493 e. The highest BCUT2D eigenvalue weighted by Gasteiger charge is 2.25. The molecule has 1 aliphatic heterocycles. The van der Waals surface area contributed by atoms with E-state index in [1.165, 1.54) is 5.56 Å². The first-order valence-electron chi connectivity index (χ1n) is 8.92. The monoisotopic (exact) mass is 339 g/mol. The molecule has 1 atom stereocenters. The summed E-state index contributed by atoms with van der Waals surface area (Å²) in [6.45, 7) is 1.66. The standard InChI is InChI=1S/C21H25NO3/c23-14-13-22(12-10-17-6-2-1-3-7-17)21(24)16-18-11-15-25-20-9-5-4-8-19(18)20/h1-9,18,23H,10-16H2. The Morgan fingerprint density at radius 1 is 1.08 bits per heavy atom. The third kappa shape index (κ3) is 4.60. The van der Waals surface area contributed by atoms with E-state index in [-0.39, 0.29) is 18.4 Å². The number of nitrogens with zero attached hydrogens (tertiary/aromatic N) is 1. The molecule has 0 spiro atoms. The predicted octanol–water partition coefficient (Wildman–Crippen LogP) is 3.01. The second kappa shape index (κ2) is 8.67. The van der Waals surface area contributed by atoms with E-state index in [1.54, 1.807) is 4.90 Å².